The Morgan fingerprint density at radius 3 is 2.55 bits per heavy atom. The Labute approximate surface area is 122 Å². The van der Waals surface area contributed by atoms with Crippen LogP contribution >= 0.6 is 11.6 Å². The van der Waals surface area contributed by atoms with Crippen molar-refractivity contribution in [2.75, 3.05) is 6.54 Å². The van der Waals surface area contributed by atoms with Crippen molar-refractivity contribution < 1.29 is 8.78 Å². The quantitative estimate of drug-likeness (QED) is 0.867. The van der Waals surface area contributed by atoms with Crippen LogP contribution in [0.5, 0.6) is 0 Å². The van der Waals surface area contributed by atoms with E-state index in [2.05, 4.69) is 5.32 Å². The minimum atomic E-state index is -0.530. The van der Waals surface area contributed by atoms with Crippen LogP contribution in [-0.2, 0) is 0 Å². The molecule has 2 aromatic rings. The molecule has 0 amide bonds. The monoisotopic (exact) mass is 295 g/mol. The van der Waals surface area contributed by atoms with Crippen LogP contribution in [0, 0.1) is 18.6 Å². The molecular weight excluding hydrogens is 280 g/mol. The van der Waals surface area contributed by atoms with Crippen LogP contribution in [-0.4, -0.2) is 6.54 Å². The molecule has 2 aromatic carbocycles. The Bertz CT molecular complexity index is 613. The van der Waals surface area contributed by atoms with Gasteiger partial charge in [0, 0.05) is 16.1 Å². The third kappa shape index (κ3) is 3.00. The average Bonchev–Trinajstić information content (AvgIpc) is 2.40. The molecule has 0 bridgehead atoms. The van der Waals surface area contributed by atoms with Gasteiger partial charge in [-0.3, -0.25) is 0 Å². The largest absolute Gasteiger partial charge is 0.306 e. The number of aryl methyl sites for hydroxylation is 1. The molecule has 0 radical (unpaired) electrons. The summed E-state index contributed by atoms with van der Waals surface area (Å²) in [6.07, 6.45) is 0. The Kier molecular flexibility index (Phi) is 4.73. The van der Waals surface area contributed by atoms with E-state index in [1.54, 1.807) is 37.3 Å². The molecule has 0 aliphatic heterocycles. The van der Waals surface area contributed by atoms with Gasteiger partial charge in [-0.25, -0.2) is 8.78 Å². The van der Waals surface area contributed by atoms with Crippen LogP contribution in [0.15, 0.2) is 36.4 Å². The van der Waals surface area contributed by atoms with Crippen molar-refractivity contribution >= 4 is 11.6 Å². The van der Waals surface area contributed by atoms with Gasteiger partial charge in [0.1, 0.15) is 11.6 Å². The van der Waals surface area contributed by atoms with Crippen LogP contribution in [0.25, 0.3) is 0 Å². The van der Waals surface area contributed by atoms with Crippen LogP contribution < -0.4 is 5.32 Å². The lowest BCUT2D eigenvalue weighted by molar-refractivity contribution is 0.528. The minimum Gasteiger partial charge on any atom is -0.306 e. The molecule has 1 atom stereocenters. The summed E-state index contributed by atoms with van der Waals surface area (Å²) >= 11 is 5.77. The number of rotatable bonds is 4. The topological polar surface area (TPSA) is 12.0 Å². The van der Waals surface area contributed by atoms with E-state index < -0.39 is 11.9 Å². The zero-order chi connectivity index (χ0) is 14.7. The van der Waals surface area contributed by atoms with Gasteiger partial charge in [0.25, 0.3) is 0 Å². The molecule has 106 valence electrons. The first kappa shape index (κ1) is 14.9. The maximum absolute atomic E-state index is 14.3. The number of halogens is 3. The van der Waals surface area contributed by atoms with E-state index in [0.29, 0.717) is 28.3 Å². The highest BCUT2D eigenvalue weighted by Crippen LogP contribution is 2.29. The maximum atomic E-state index is 14.3. The second-order valence-electron chi connectivity index (χ2n) is 4.63. The number of hydrogen-bond donors (Lipinski definition) is 1. The van der Waals surface area contributed by atoms with Crippen molar-refractivity contribution in [1.82, 2.24) is 5.32 Å². The van der Waals surface area contributed by atoms with Gasteiger partial charge in [0.05, 0.1) is 6.04 Å². The first-order chi connectivity index (χ1) is 9.54. The van der Waals surface area contributed by atoms with Crippen molar-refractivity contribution in [3.8, 4) is 0 Å². The van der Waals surface area contributed by atoms with Gasteiger partial charge in [-0.2, -0.15) is 0 Å². The first-order valence-electron chi connectivity index (χ1n) is 6.48. The Balaban J connectivity index is 2.53. The molecule has 0 aliphatic rings. The van der Waals surface area contributed by atoms with Gasteiger partial charge in [-0.05, 0) is 31.2 Å². The Hall–Kier alpha value is -1.45. The van der Waals surface area contributed by atoms with Gasteiger partial charge < -0.3 is 5.32 Å². The predicted octanol–water partition coefficient (Wildman–Crippen LogP) is 4.63. The molecule has 0 saturated heterocycles. The van der Waals surface area contributed by atoms with Crippen molar-refractivity contribution in [3.63, 3.8) is 0 Å². The molecule has 2 rings (SSSR count). The maximum Gasteiger partial charge on any atom is 0.131 e. The van der Waals surface area contributed by atoms with Gasteiger partial charge in [0.15, 0.2) is 0 Å². The van der Waals surface area contributed by atoms with E-state index in [0.717, 1.165) is 0 Å². The smallest absolute Gasteiger partial charge is 0.131 e. The van der Waals surface area contributed by atoms with Gasteiger partial charge in [0.2, 0.25) is 0 Å². The summed E-state index contributed by atoms with van der Waals surface area (Å²) in [6.45, 7) is 4.19. The molecule has 1 unspecified atom stereocenters. The molecule has 0 fully saturated rings. The zero-order valence-electron chi connectivity index (χ0n) is 11.4. The second kappa shape index (κ2) is 6.33. The third-order valence-electron chi connectivity index (χ3n) is 3.21. The van der Waals surface area contributed by atoms with E-state index in [9.17, 15) is 8.78 Å². The Morgan fingerprint density at radius 1 is 1.15 bits per heavy atom. The first-order valence-corrected chi connectivity index (χ1v) is 6.85. The van der Waals surface area contributed by atoms with Crippen LogP contribution in [0.1, 0.15) is 29.7 Å². The van der Waals surface area contributed by atoms with Crippen molar-refractivity contribution in [1.29, 1.82) is 0 Å². The highest BCUT2D eigenvalue weighted by atomic mass is 35.5. The average molecular weight is 296 g/mol. The molecule has 1 N–H and O–H groups in total. The lowest BCUT2D eigenvalue weighted by Gasteiger charge is -2.21. The lowest BCUT2D eigenvalue weighted by atomic mass is 9.96. The molecular formula is C16H16ClF2N. The van der Waals surface area contributed by atoms with E-state index in [4.69, 9.17) is 11.6 Å². The lowest BCUT2D eigenvalue weighted by Crippen LogP contribution is -2.24. The third-order valence-corrected chi connectivity index (χ3v) is 3.45. The summed E-state index contributed by atoms with van der Waals surface area (Å²) in [7, 11) is 0. The normalized spacial score (nSPS) is 12.4. The molecule has 0 saturated carbocycles. The van der Waals surface area contributed by atoms with E-state index >= 15 is 0 Å². The van der Waals surface area contributed by atoms with E-state index in [1.807, 2.05) is 6.92 Å². The van der Waals surface area contributed by atoms with Gasteiger partial charge in [-0.15, -0.1) is 0 Å². The molecule has 0 spiro atoms. The fourth-order valence-corrected chi connectivity index (χ4v) is 2.38. The van der Waals surface area contributed by atoms with Crippen molar-refractivity contribution in [3.05, 3.63) is 69.7 Å². The van der Waals surface area contributed by atoms with E-state index in [1.165, 1.54) is 6.07 Å². The minimum absolute atomic E-state index is 0.312. The Morgan fingerprint density at radius 2 is 1.90 bits per heavy atom. The highest BCUT2D eigenvalue weighted by Gasteiger charge is 2.21. The summed E-state index contributed by atoms with van der Waals surface area (Å²) in [5.41, 5.74) is 1.37. The molecule has 1 nitrogen and oxygen atoms in total. The number of nitrogens with one attached hydrogen (secondary N) is 1. The predicted molar refractivity (Wildman–Crippen MR) is 78.1 cm³/mol. The molecule has 0 aliphatic carbocycles. The molecule has 0 heterocycles. The SMILES string of the molecule is CCNC(c1ccc(Cl)cc1F)c1cccc(C)c1F. The van der Waals surface area contributed by atoms with Crippen molar-refractivity contribution in [2.24, 2.45) is 0 Å². The number of benzene rings is 2. The summed E-state index contributed by atoms with van der Waals surface area (Å²) in [4.78, 5) is 0. The fraction of sp³-hybridized carbons (Fsp3) is 0.250. The van der Waals surface area contributed by atoms with Crippen molar-refractivity contribution in [2.45, 2.75) is 19.9 Å². The second-order valence-corrected chi connectivity index (χ2v) is 5.07. The summed E-state index contributed by atoms with van der Waals surface area (Å²) in [6, 6.07) is 9.05. The van der Waals surface area contributed by atoms with Gasteiger partial charge >= 0.3 is 0 Å². The summed E-state index contributed by atoms with van der Waals surface area (Å²) < 4.78 is 28.4. The highest BCUT2D eigenvalue weighted by molar-refractivity contribution is 6.30. The van der Waals surface area contributed by atoms with Crippen LogP contribution in [0.3, 0.4) is 0 Å². The summed E-state index contributed by atoms with van der Waals surface area (Å²) in [5, 5.41) is 3.45. The summed E-state index contributed by atoms with van der Waals surface area (Å²) in [5.74, 6) is -0.753. The number of hydrogen-bond acceptors (Lipinski definition) is 1. The van der Waals surface area contributed by atoms with Crippen LogP contribution in [0.4, 0.5) is 8.78 Å². The molecule has 20 heavy (non-hydrogen) atoms. The van der Waals surface area contributed by atoms with Crippen LogP contribution in [0.2, 0.25) is 5.02 Å². The van der Waals surface area contributed by atoms with Gasteiger partial charge in [-0.1, -0.05) is 42.8 Å². The standard InChI is InChI=1S/C16H16ClF2N/c1-3-20-16(12-8-7-11(17)9-14(12)18)13-6-4-5-10(2)15(13)19/h4-9,16,20H,3H2,1-2H3. The molecule has 0 aromatic heterocycles. The van der Waals surface area contributed by atoms with E-state index in [-0.39, 0.29) is 5.82 Å². The molecule has 4 heteroatoms. The zero-order valence-corrected chi connectivity index (χ0v) is 12.1. The fourth-order valence-electron chi connectivity index (χ4n) is 2.22.